The van der Waals surface area contributed by atoms with Gasteiger partial charge in [0.2, 0.25) is 5.91 Å². The van der Waals surface area contributed by atoms with Gasteiger partial charge in [0.05, 0.1) is 18.6 Å². The molecule has 1 aliphatic heterocycles. The number of anilines is 1. The van der Waals surface area contributed by atoms with E-state index in [1.54, 1.807) is 42.3 Å². The number of hydrogen-bond acceptors (Lipinski definition) is 8. The van der Waals surface area contributed by atoms with Crippen molar-refractivity contribution in [1.29, 1.82) is 0 Å². The molecule has 0 radical (unpaired) electrons. The van der Waals surface area contributed by atoms with Crippen LogP contribution in [0.2, 0.25) is 0 Å². The molecule has 1 aliphatic rings. The van der Waals surface area contributed by atoms with Gasteiger partial charge < -0.3 is 24.6 Å². The number of nitro groups is 1. The minimum absolute atomic E-state index is 0.0655. The molecular weight excluding hydrogens is 406 g/mol. The van der Waals surface area contributed by atoms with Gasteiger partial charge in [-0.3, -0.25) is 19.7 Å². The minimum atomic E-state index is -0.496. The molecule has 0 atom stereocenters. The van der Waals surface area contributed by atoms with E-state index in [-0.39, 0.29) is 24.7 Å². The first-order valence-corrected chi connectivity index (χ1v) is 9.63. The molecule has 0 saturated carbocycles. The van der Waals surface area contributed by atoms with Gasteiger partial charge in [0, 0.05) is 32.2 Å². The Kier molecular flexibility index (Phi) is 7.20. The Bertz CT molecular complexity index is 911. The number of pyridine rings is 1. The Labute approximate surface area is 178 Å². The molecule has 0 aliphatic carbocycles. The first-order chi connectivity index (χ1) is 15.0. The summed E-state index contributed by atoms with van der Waals surface area (Å²) in [5, 5.41) is 13.3. The summed E-state index contributed by atoms with van der Waals surface area (Å²) in [6.45, 7) is 1.72. The van der Waals surface area contributed by atoms with E-state index < -0.39 is 10.8 Å². The fourth-order valence-corrected chi connectivity index (χ4v) is 3.02. The monoisotopic (exact) mass is 429 g/mol. The maximum absolute atomic E-state index is 12.4. The normalized spacial score (nSPS) is 13.5. The van der Waals surface area contributed by atoms with Gasteiger partial charge in [-0.2, -0.15) is 0 Å². The zero-order valence-electron chi connectivity index (χ0n) is 17.0. The lowest BCUT2D eigenvalue weighted by atomic mass is 10.3. The molecule has 11 heteroatoms. The van der Waals surface area contributed by atoms with Gasteiger partial charge in [-0.25, -0.2) is 4.98 Å². The van der Waals surface area contributed by atoms with Crippen LogP contribution in [0.3, 0.4) is 0 Å². The number of nitrogens with one attached hydrogen (secondary N) is 1. The van der Waals surface area contributed by atoms with Crippen LogP contribution in [0.15, 0.2) is 42.6 Å². The zero-order chi connectivity index (χ0) is 22.2. The Balaban J connectivity index is 1.38. The van der Waals surface area contributed by atoms with Gasteiger partial charge in [0.1, 0.15) is 23.5 Å². The van der Waals surface area contributed by atoms with E-state index in [0.717, 1.165) is 0 Å². The van der Waals surface area contributed by atoms with Gasteiger partial charge in [-0.1, -0.05) is 0 Å². The SMILES string of the molecule is COc1ccc(OCC(=O)NCC(=O)N2CCN(c3ccc([N+](=O)[O-])cn3)CC2)cc1. The van der Waals surface area contributed by atoms with Crippen molar-refractivity contribution in [2.75, 3.05) is 51.3 Å². The molecule has 2 heterocycles. The number of methoxy groups -OCH3 is 1. The van der Waals surface area contributed by atoms with E-state index >= 15 is 0 Å². The quantitative estimate of drug-likeness (QED) is 0.483. The van der Waals surface area contributed by atoms with Crippen molar-refractivity contribution < 1.29 is 24.0 Å². The summed E-state index contributed by atoms with van der Waals surface area (Å²) in [7, 11) is 1.56. The highest BCUT2D eigenvalue weighted by Gasteiger charge is 2.22. The number of piperazine rings is 1. The summed E-state index contributed by atoms with van der Waals surface area (Å²) < 4.78 is 10.4. The lowest BCUT2D eigenvalue weighted by Crippen LogP contribution is -2.51. The van der Waals surface area contributed by atoms with Crippen LogP contribution in [-0.4, -0.2) is 73.1 Å². The first-order valence-electron chi connectivity index (χ1n) is 9.63. The molecule has 0 spiro atoms. The van der Waals surface area contributed by atoms with Crippen LogP contribution in [0.1, 0.15) is 0 Å². The number of hydrogen-bond donors (Lipinski definition) is 1. The topological polar surface area (TPSA) is 127 Å². The standard InChI is InChI=1S/C20H23N5O6/c1-30-16-3-5-17(6-4-16)31-14-19(26)22-13-20(27)24-10-8-23(9-11-24)18-7-2-15(12-21-18)25(28)29/h2-7,12H,8-11,13-14H2,1H3,(H,22,26). The van der Waals surface area contributed by atoms with Crippen molar-refractivity contribution in [3.8, 4) is 11.5 Å². The highest BCUT2D eigenvalue weighted by molar-refractivity contribution is 5.85. The second-order valence-corrected chi connectivity index (χ2v) is 6.74. The Hall–Kier alpha value is -3.89. The largest absolute Gasteiger partial charge is 0.497 e. The van der Waals surface area contributed by atoms with Gasteiger partial charge in [-0.15, -0.1) is 0 Å². The first kappa shape index (κ1) is 21.8. The van der Waals surface area contributed by atoms with Crippen LogP contribution < -0.4 is 19.7 Å². The second kappa shape index (κ2) is 10.2. The molecule has 2 aromatic rings. The number of carbonyl (C=O) groups excluding carboxylic acids is 2. The molecule has 31 heavy (non-hydrogen) atoms. The molecule has 1 saturated heterocycles. The van der Waals surface area contributed by atoms with Crippen molar-refractivity contribution in [2.45, 2.75) is 0 Å². The highest BCUT2D eigenvalue weighted by atomic mass is 16.6. The molecule has 1 aromatic heterocycles. The number of amides is 2. The highest BCUT2D eigenvalue weighted by Crippen LogP contribution is 2.18. The Morgan fingerprint density at radius 3 is 2.35 bits per heavy atom. The minimum Gasteiger partial charge on any atom is -0.497 e. The summed E-state index contributed by atoms with van der Waals surface area (Å²) >= 11 is 0. The number of aromatic nitrogens is 1. The molecule has 2 amide bonds. The van der Waals surface area contributed by atoms with E-state index in [1.807, 2.05) is 4.90 Å². The molecular formula is C20H23N5O6. The van der Waals surface area contributed by atoms with E-state index in [0.29, 0.717) is 43.5 Å². The Morgan fingerprint density at radius 2 is 1.77 bits per heavy atom. The van der Waals surface area contributed by atoms with Gasteiger partial charge >= 0.3 is 0 Å². The number of nitrogens with zero attached hydrogens (tertiary/aromatic N) is 4. The molecule has 164 valence electrons. The predicted octanol–water partition coefficient (Wildman–Crippen LogP) is 0.842. The fourth-order valence-electron chi connectivity index (χ4n) is 3.02. The van der Waals surface area contributed by atoms with Crippen LogP contribution in [0.5, 0.6) is 11.5 Å². The molecule has 11 nitrogen and oxygen atoms in total. The maximum Gasteiger partial charge on any atom is 0.287 e. The van der Waals surface area contributed by atoms with E-state index in [9.17, 15) is 19.7 Å². The van der Waals surface area contributed by atoms with Gasteiger partial charge in [0.25, 0.3) is 11.6 Å². The third kappa shape index (κ3) is 6.04. The third-order valence-electron chi connectivity index (χ3n) is 4.77. The smallest absolute Gasteiger partial charge is 0.287 e. The average molecular weight is 429 g/mol. The van der Waals surface area contributed by atoms with E-state index in [4.69, 9.17) is 9.47 Å². The molecule has 1 aromatic carbocycles. The third-order valence-corrected chi connectivity index (χ3v) is 4.77. The van der Waals surface area contributed by atoms with Crippen molar-refractivity contribution in [3.63, 3.8) is 0 Å². The average Bonchev–Trinajstić information content (AvgIpc) is 2.81. The molecule has 0 bridgehead atoms. The van der Waals surface area contributed by atoms with Crippen LogP contribution in [0, 0.1) is 10.1 Å². The maximum atomic E-state index is 12.4. The van der Waals surface area contributed by atoms with Crippen molar-refractivity contribution in [3.05, 3.63) is 52.7 Å². The number of ether oxygens (including phenoxy) is 2. The zero-order valence-corrected chi connectivity index (χ0v) is 17.0. The number of rotatable bonds is 8. The molecule has 3 rings (SSSR count). The van der Waals surface area contributed by atoms with E-state index in [2.05, 4.69) is 10.3 Å². The van der Waals surface area contributed by atoms with Crippen LogP contribution in [-0.2, 0) is 9.59 Å². The number of carbonyl (C=O) groups is 2. The van der Waals surface area contributed by atoms with Crippen LogP contribution in [0.4, 0.5) is 11.5 Å². The van der Waals surface area contributed by atoms with Crippen molar-refractivity contribution in [1.82, 2.24) is 15.2 Å². The summed E-state index contributed by atoms with van der Waals surface area (Å²) in [6, 6.07) is 9.83. The van der Waals surface area contributed by atoms with Crippen LogP contribution in [0.25, 0.3) is 0 Å². The van der Waals surface area contributed by atoms with Gasteiger partial charge in [-0.05, 0) is 30.3 Å². The summed E-state index contributed by atoms with van der Waals surface area (Å²) in [4.78, 5) is 42.2. The van der Waals surface area contributed by atoms with Crippen molar-refractivity contribution in [2.24, 2.45) is 0 Å². The molecule has 1 N–H and O–H groups in total. The predicted molar refractivity (Wildman–Crippen MR) is 111 cm³/mol. The van der Waals surface area contributed by atoms with Crippen LogP contribution >= 0.6 is 0 Å². The summed E-state index contributed by atoms with van der Waals surface area (Å²) in [6.07, 6.45) is 1.22. The summed E-state index contributed by atoms with van der Waals surface area (Å²) in [5.74, 6) is 1.26. The fraction of sp³-hybridized carbons (Fsp3) is 0.350. The molecule has 0 unspecified atom stereocenters. The Morgan fingerprint density at radius 1 is 1.10 bits per heavy atom. The van der Waals surface area contributed by atoms with Gasteiger partial charge in [0.15, 0.2) is 6.61 Å². The summed E-state index contributed by atoms with van der Waals surface area (Å²) in [5.41, 5.74) is -0.0655. The van der Waals surface area contributed by atoms with E-state index in [1.165, 1.54) is 12.3 Å². The second-order valence-electron chi connectivity index (χ2n) is 6.74. The lowest BCUT2D eigenvalue weighted by Gasteiger charge is -2.35. The number of benzene rings is 1. The van der Waals surface area contributed by atoms with Crippen molar-refractivity contribution >= 4 is 23.3 Å². The lowest BCUT2D eigenvalue weighted by molar-refractivity contribution is -0.385. The molecule has 1 fully saturated rings.